The van der Waals surface area contributed by atoms with Crippen LogP contribution in [0.1, 0.15) is 19.4 Å². The quantitative estimate of drug-likeness (QED) is 0.909. The van der Waals surface area contributed by atoms with Gasteiger partial charge < -0.3 is 4.98 Å². The van der Waals surface area contributed by atoms with Crippen LogP contribution in [0.5, 0.6) is 0 Å². The number of rotatable bonds is 3. The first kappa shape index (κ1) is 13.2. The number of aryl methyl sites for hydroxylation is 1. The van der Waals surface area contributed by atoms with Crippen LogP contribution in [0.25, 0.3) is 10.9 Å². The number of fused-ring (bicyclic) bond motifs is 1. The molecule has 18 heavy (non-hydrogen) atoms. The number of hydrogen-bond donors (Lipinski definition) is 2. The maximum atomic E-state index is 11.9. The van der Waals surface area contributed by atoms with Crippen LogP contribution in [-0.4, -0.2) is 18.7 Å². The Hall–Kier alpha value is -1.20. The molecular weight excluding hydrogens is 272 g/mol. The highest BCUT2D eigenvalue weighted by molar-refractivity contribution is 7.93. The summed E-state index contributed by atoms with van der Waals surface area (Å²) in [7, 11) is -3.36. The van der Waals surface area contributed by atoms with Crippen molar-refractivity contribution in [1.29, 1.82) is 0 Å². The van der Waals surface area contributed by atoms with Gasteiger partial charge in [-0.15, -0.1) is 0 Å². The fourth-order valence-electron chi connectivity index (χ4n) is 1.73. The molecule has 0 saturated carbocycles. The van der Waals surface area contributed by atoms with Crippen molar-refractivity contribution in [2.24, 2.45) is 0 Å². The molecule has 6 heteroatoms. The minimum Gasteiger partial charge on any atom is -0.358 e. The molecule has 98 valence electrons. The summed E-state index contributed by atoms with van der Waals surface area (Å²) in [5.74, 6) is 0. The standard InChI is InChI=1S/C12H15ClN2O2S/c1-7(2)18(16,17)15-10-5-4-8(3)11-9(13)6-14-12(10)11/h4-7,14-15H,1-3H3. The fraction of sp³-hybridized carbons (Fsp3) is 0.333. The minimum absolute atomic E-state index is 0.487. The predicted octanol–water partition coefficient (Wildman–Crippen LogP) is 3.28. The SMILES string of the molecule is Cc1ccc(NS(=O)(=O)C(C)C)c2[nH]cc(Cl)c12. The van der Waals surface area contributed by atoms with E-state index in [0.717, 1.165) is 10.9 Å². The number of aromatic amines is 1. The van der Waals surface area contributed by atoms with Gasteiger partial charge in [-0.1, -0.05) is 17.7 Å². The third-order valence-corrected chi connectivity index (χ3v) is 4.91. The Morgan fingerprint density at radius 1 is 1.33 bits per heavy atom. The Labute approximate surface area is 111 Å². The van der Waals surface area contributed by atoms with Gasteiger partial charge in [-0.2, -0.15) is 0 Å². The van der Waals surface area contributed by atoms with E-state index < -0.39 is 15.3 Å². The highest BCUT2D eigenvalue weighted by Crippen LogP contribution is 2.32. The number of aromatic nitrogens is 1. The van der Waals surface area contributed by atoms with Crippen LogP contribution < -0.4 is 4.72 Å². The predicted molar refractivity (Wildman–Crippen MR) is 75.7 cm³/mol. The van der Waals surface area contributed by atoms with Crippen molar-refractivity contribution < 1.29 is 8.42 Å². The van der Waals surface area contributed by atoms with E-state index in [0.29, 0.717) is 16.2 Å². The van der Waals surface area contributed by atoms with Gasteiger partial charge in [0, 0.05) is 11.6 Å². The highest BCUT2D eigenvalue weighted by Gasteiger charge is 2.18. The van der Waals surface area contributed by atoms with Crippen molar-refractivity contribution in [1.82, 2.24) is 4.98 Å². The van der Waals surface area contributed by atoms with Crippen LogP contribution >= 0.6 is 11.6 Å². The monoisotopic (exact) mass is 286 g/mol. The number of benzene rings is 1. The molecule has 1 heterocycles. The molecule has 0 aliphatic rings. The Bertz CT molecular complexity index is 689. The molecule has 1 aromatic carbocycles. The molecule has 0 radical (unpaired) electrons. The second-order valence-corrected chi connectivity index (χ2v) is 7.16. The number of anilines is 1. The maximum Gasteiger partial charge on any atom is 0.235 e. The van der Waals surface area contributed by atoms with Crippen LogP contribution in [0.2, 0.25) is 5.02 Å². The normalized spacial score (nSPS) is 12.3. The van der Waals surface area contributed by atoms with Crippen molar-refractivity contribution in [2.75, 3.05) is 4.72 Å². The molecule has 0 fully saturated rings. The van der Waals surface area contributed by atoms with Gasteiger partial charge in [-0.3, -0.25) is 4.72 Å². The molecule has 0 aliphatic carbocycles. The van der Waals surface area contributed by atoms with E-state index in [1.807, 2.05) is 13.0 Å². The Morgan fingerprint density at radius 2 is 2.00 bits per heavy atom. The zero-order valence-electron chi connectivity index (χ0n) is 10.4. The zero-order valence-corrected chi connectivity index (χ0v) is 12.0. The average molecular weight is 287 g/mol. The Morgan fingerprint density at radius 3 is 2.61 bits per heavy atom. The molecule has 0 spiro atoms. The van der Waals surface area contributed by atoms with Gasteiger partial charge in [0.1, 0.15) is 0 Å². The van der Waals surface area contributed by atoms with E-state index in [-0.39, 0.29) is 0 Å². The first-order chi connectivity index (χ1) is 8.33. The van der Waals surface area contributed by atoms with Gasteiger partial charge in [0.15, 0.2) is 0 Å². The second-order valence-electron chi connectivity index (χ2n) is 4.51. The van der Waals surface area contributed by atoms with E-state index in [2.05, 4.69) is 9.71 Å². The maximum absolute atomic E-state index is 11.9. The molecular formula is C12H15ClN2O2S. The fourth-order valence-corrected chi connectivity index (χ4v) is 2.74. The smallest absolute Gasteiger partial charge is 0.235 e. The summed E-state index contributed by atoms with van der Waals surface area (Å²) in [6.07, 6.45) is 1.66. The highest BCUT2D eigenvalue weighted by atomic mass is 35.5. The topological polar surface area (TPSA) is 62.0 Å². The summed E-state index contributed by atoms with van der Waals surface area (Å²) in [6.45, 7) is 5.20. The van der Waals surface area contributed by atoms with Crippen LogP contribution in [-0.2, 0) is 10.0 Å². The summed E-state index contributed by atoms with van der Waals surface area (Å²) in [5, 5.41) is 0.952. The van der Waals surface area contributed by atoms with Gasteiger partial charge in [0.25, 0.3) is 0 Å². The third-order valence-electron chi connectivity index (χ3n) is 2.87. The molecule has 2 aromatic rings. The second kappa shape index (κ2) is 4.48. The molecule has 0 saturated heterocycles. The number of sulfonamides is 1. The lowest BCUT2D eigenvalue weighted by atomic mass is 10.1. The van der Waals surface area contributed by atoms with Gasteiger partial charge in [0.05, 0.1) is 21.5 Å². The van der Waals surface area contributed by atoms with E-state index >= 15 is 0 Å². The van der Waals surface area contributed by atoms with Crippen LogP contribution in [0, 0.1) is 6.92 Å². The van der Waals surface area contributed by atoms with Crippen molar-refractivity contribution >= 4 is 38.2 Å². The Kier molecular flexibility index (Phi) is 3.29. The summed E-state index contributed by atoms with van der Waals surface area (Å²) in [6, 6.07) is 3.59. The molecule has 1 aromatic heterocycles. The number of hydrogen-bond acceptors (Lipinski definition) is 2. The van der Waals surface area contributed by atoms with Crippen molar-refractivity contribution in [3.05, 3.63) is 28.9 Å². The van der Waals surface area contributed by atoms with E-state index in [9.17, 15) is 8.42 Å². The molecule has 0 atom stereocenters. The lowest BCUT2D eigenvalue weighted by Gasteiger charge is -2.12. The van der Waals surface area contributed by atoms with E-state index in [1.54, 1.807) is 26.1 Å². The number of H-pyrrole nitrogens is 1. The summed E-state index contributed by atoms with van der Waals surface area (Å²) in [4.78, 5) is 3.00. The van der Waals surface area contributed by atoms with Crippen molar-refractivity contribution in [2.45, 2.75) is 26.0 Å². The third kappa shape index (κ3) is 2.20. The molecule has 2 rings (SSSR count). The first-order valence-corrected chi connectivity index (χ1v) is 7.53. The molecule has 2 N–H and O–H groups in total. The number of halogens is 1. The van der Waals surface area contributed by atoms with Gasteiger partial charge >= 0.3 is 0 Å². The summed E-state index contributed by atoms with van der Waals surface area (Å²) < 4.78 is 26.3. The summed E-state index contributed by atoms with van der Waals surface area (Å²) in [5.41, 5.74) is 2.24. The molecule has 4 nitrogen and oxygen atoms in total. The largest absolute Gasteiger partial charge is 0.358 e. The lowest BCUT2D eigenvalue weighted by Crippen LogP contribution is -2.22. The van der Waals surface area contributed by atoms with Crippen LogP contribution in [0.4, 0.5) is 5.69 Å². The van der Waals surface area contributed by atoms with E-state index in [1.165, 1.54) is 0 Å². The average Bonchev–Trinajstić information content (AvgIpc) is 2.66. The molecule has 0 bridgehead atoms. The first-order valence-electron chi connectivity index (χ1n) is 5.60. The molecule has 0 unspecified atom stereocenters. The van der Waals surface area contributed by atoms with Crippen molar-refractivity contribution in [3.63, 3.8) is 0 Å². The Balaban J connectivity index is 2.57. The minimum atomic E-state index is -3.36. The number of nitrogens with one attached hydrogen (secondary N) is 2. The van der Waals surface area contributed by atoms with E-state index in [4.69, 9.17) is 11.6 Å². The summed E-state index contributed by atoms with van der Waals surface area (Å²) >= 11 is 6.08. The molecule has 0 amide bonds. The van der Waals surface area contributed by atoms with Gasteiger partial charge in [0.2, 0.25) is 10.0 Å². The van der Waals surface area contributed by atoms with Gasteiger partial charge in [-0.25, -0.2) is 8.42 Å². The lowest BCUT2D eigenvalue weighted by molar-refractivity contribution is 0.593. The molecule has 0 aliphatic heterocycles. The van der Waals surface area contributed by atoms with Crippen LogP contribution in [0.15, 0.2) is 18.3 Å². The van der Waals surface area contributed by atoms with Gasteiger partial charge in [-0.05, 0) is 32.4 Å². The van der Waals surface area contributed by atoms with Crippen molar-refractivity contribution in [3.8, 4) is 0 Å². The van der Waals surface area contributed by atoms with Crippen LogP contribution in [0.3, 0.4) is 0 Å². The zero-order chi connectivity index (χ0) is 13.5.